The standard InChI is InChI=1S/C20H23N3O3/c1-22-17(24)15(12-21-19(22)26)18(25)23-13-20(10-6-3-7-11-20)16(23)14-8-4-2-5-9-14/h2,4-5,8-9,12,16H,3,6-7,10-11,13H2,1H3,(H,21,26)/t16-/m0/s1. The van der Waals surface area contributed by atoms with Gasteiger partial charge in [-0.05, 0) is 18.4 Å². The lowest BCUT2D eigenvalue weighted by molar-refractivity contribution is -0.0771. The van der Waals surface area contributed by atoms with Crippen LogP contribution < -0.4 is 11.2 Å². The van der Waals surface area contributed by atoms with E-state index in [1.54, 1.807) is 4.90 Å². The summed E-state index contributed by atoms with van der Waals surface area (Å²) in [6, 6.07) is 10.1. The van der Waals surface area contributed by atoms with Crippen LogP contribution in [0.25, 0.3) is 0 Å². The lowest BCUT2D eigenvalue weighted by Gasteiger charge is -2.59. The number of rotatable bonds is 2. The highest BCUT2D eigenvalue weighted by atomic mass is 16.2. The molecule has 6 heteroatoms. The normalized spacial score (nSPS) is 21.4. The third kappa shape index (κ3) is 2.52. The van der Waals surface area contributed by atoms with Crippen molar-refractivity contribution in [3.05, 3.63) is 68.5 Å². The van der Waals surface area contributed by atoms with Gasteiger partial charge in [0.15, 0.2) is 0 Å². The SMILES string of the molecule is Cn1c(=O)[nH]cc(C(=O)N2CC3(CCCCC3)[C@@H]2c2ccccc2)c1=O. The third-order valence-electron chi connectivity index (χ3n) is 6.01. The average Bonchev–Trinajstić information content (AvgIpc) is 2.65. The number of carbonyl (C=O) groups excluding carboxylic acids is 1. The molecule has 1 spiro atoms. The maximum absolute atomic E-state index is 13.1. The number of nitrogens with zero attached hydrogens (tertiary/aromatic N) is 2. The van der Waals surface area contributed by atoms with Gasteiger partial charge in [0, 0.05) is 25.2 Å². The zero-order chi connectivity index (χ0) is 18.3. The van der Waals surface area contributed by atoms with Gasteiger partial charge in [-0.1, -0.05) is 49.6 Å². The van der Waals surface area contributed by atoms with Gasteiger partial charge < -0.3 is 9.88 Å². The Morgan fingerprint density at radius 1 is 1.12 bits per heavy atom. The van der Waals surface area contributed by atoms with Crippen molar-refractivity contribution in [2.75, 3.05) is 6.54 Å². The van der Waals surface area contributed by atoms with Crippen molar-refractivity contribution in [3.8, 4) is 0 Å². The van der Waals surface area contributed by atoms with Crippen LogP contribution in [0.1, 0.15) is 54.1 Å². The highest BCUT2D eigenvalue weighted by Gasteiger charge is 2.55. The summed E-state index contributed by atoms with van der Waals surface area (Å²) in [4.78, 5) is 41.4. The number of aromatic amines is 1. The number of H-pyrrole nitrogens is 1. The zero-order valence-electron chi connectivity index (χ0n) is 14.9. The second-order valence-electron chi connectivity index (χ2n) is 7.54. The number of aromatic nitrogens is 2. The van der Waals surface area contributed by atoms with E-state index in [0.29, 0.717) is 6.54 Å². The molecule has 1 aromatic heterocycles. The average molecular weight is 353 g/mol. The number of hydrogen-bond acceptors (Lipinski definition) is 3. The molecule has 1 N–H and O–H groups in total. The highest BCUT2D eigenvalue weighted by Crippen LogP contribution is 2.57. The molecule has 6 nitrogen and oxygen atoms in total. The molecule has 2 fully saturated rings. The largest absolute Gasteiger partial charge is 0.330 e. The number of hydrogen-bond donors (Lipinski definition) is 1. The molecular weight excluding hydrogens is 330 g/mol. The Hall–Kier alpha value is -2.63. The highest BCUT2D eigenvalue weighted by molar-refractivity contribution is 5.94. The van der Waals surface area contributed by atoms with Gasteiger partial charge >= 0.3 is 5.69 Å². The first kappa shape index (κ1) is 16.8. The van der Waals surface area contributed by atoms with Gasteiger partial charge in [0.2, 0.25) is 0 Å². The Balaban J connectivity index is 1.72. The summed E-state index contributed by atoms with van der Waals surface area (Å²) < 4.78 is 0.945. The van der Waals surface area contributed by atoms with Gasteiger partial charge in [-0.2, -0.15) is 0 Å². The van der Waals surface area contributed by atoms with Crippen molar-refractivity contribution in [2.45, 2.75) is 38.1 Å². The Morgan fingerprint density at radius 2 is 1.81 bits per heavy atom. The number of nitrogens with one attached hydrogen (secondary N) is 1. The van der Waals surface area contributed by atoms with Gasteiger partial charge in [0.1, 0.15) is 5.56 Å². The molecule has 1 aromatic carbocycles. The van der Waals surface area contributed by atoms with Crippen LogP contribution in [0.5, 0.6) is 0 Å². The maximum Gasteiger partial charge on any atom is 0.328 e. The van der Waals surface area contributed by atoms with Crippen LogP contribution in [0, 0.1) is 5.41 Å². The molecule has 1 saturated carbocycles. The summed E-state index contributed by atoms with van der Waals surface area (Å²) in [6.45, 7) is 0.674. The quantitative estimate of drug-likeness (QED) is 0.899. The van der Waals surface area contributed by atoms with Gasteiger partial charge in [0.05, 0.1) is 6.04 Å². The zero-order valence-corrected chi connectivity index (χ0v) is 14.9. The maximum atomic E-state index is 13.1. The van der Waals surface area contributed by atoms with Gasteiger partial charge in [-0.3, -0.25) is 14.2 Å². The molecule has 1 saturated heterocycles. The van der Waals surface area contributed by atoms with Gasteiger partial charge in [0.25, 0.3) is 11.5 Å². The van der Waals surface area contributed by atoms with Crippen LogP contribution in [0.15, 0.2) is 46.1 Å². The molecular formula is C20H23N3O3. The molecule has 0 unspecified atom stereocenters. The van der Waals surface area contributed by atoms with E-state index in [1.165, 1.54) is 32.5 Å². The Kier molecular flexibility index (Phi) is 4.05. The van der Waals surface area contributed by atoms with E-state index in [9.17, 15) is 14.4 Å². The van der Waals surface area contributed by atoms with E-state index in [-0.39, 0.29) is 22.9 Å². The van der Waals surface area contributed by atoms with Crippen molar-refractivity contribution in [1.29, 1.82) is 0 Å². The number of likely N-dealkylation sites (tertiary alicyclic amines) is 1. The summed E-state index contributed by atoms with van der Waals surface area (Å²) in [5, 5.41) is 0. The van der Waals surface area contributed by atoms with Crippen molar-refractivity contribution in [2.24, 2.45) is 12.5 Å². The fraction of sp³-hybridized carbons (Fsp3) is 0.450. The van der Waals surface area contributed by atoms with Crippen LogP contribution in [0.2, 0.25) is 0 Å². The van der Waals surface area contributed by atoms with Gasteiger partial charge in [-0.15, -0.1) is 0 Å². The molecule has 1 atom stereocenters. The van der Waals surface area contributed by atoms with Crippen LogP contribution in [0.4, 0.5) is 0 Å². The topological polar surface area (TPSA) is 75.2 Å². The van der Waals surface area contributed by atoms with Crippen molar-refractivity contribution in [3.63, 3.8) is 0 Å². The fourth-order valence-electron chi connectivity index (χ4n) is 4.65. The lowest BCUT2D eigenvalue weighted by Crippen LogP contribution is -2.61. The van der Waals surface area contributed by atoms with Crippen LogP contribution >= 0.6 is 0 Å². The first-order valence-corrected chi connectivity index (χ1v) is 9.18. The Bertz CT molecular complexity index is 939. The van der Waals surface area contributed by atoms with E-state index in [0.717, 1.165) is 23.0 Å². The minimum Gasteiger partial charge on any atom is -0.330 e. The van der Waals surface area contributed by atoms with Crippen LogP contribution in [0.3, 0.4) is 0 Å². The molecule has 0 radical (unpaired) electrons. The van der Waals surface area contributed by atoms with Crippen molar-refractivity contribution >= 4 is 5.91 Å². The van der Waals surface area contributed by atoms with E-state index in [1.807, 2.05) is 18.2 Å². The summed E-state index contributed by atoms with van der Waals surface area (Å²) in [5.41, 5.74) is 0.200. The molecule has 1 aliphatic carbocycles. The molecule has 4 rings (SSSR count). The van der Waals surface area contributed by atoms with Crippen LogP contribution in [-0.4, -0.2) is 26.9 Å². The molecule has 0 bridgehead atoms. The Morgan fingerprint density at radius 3 is 2.50 bits per heavy atom. The minimum absolute atomic E-state index is 0.00636. The van der Waals surface area contributed by atoms with Gasteiger partial charge in [-0.25, -0.2) is 4.79 Å². The van der Waals surface area contributed by atoms with E-state index in [4.69, 9.17) is 0 Å². The predicted molar refractivity (Wildman–Crippen MR) is 98.0 cm³/mol. The summed E-state index contributed by atoms with van der Waals surface area (Å²) in [6.07, 6.45) is 7.09. The van der Waals surface area contributed by atoms with E-state index < -0.39 is 11.2 Å². The molecule has 2 aromatic rings. The summed E-state index contributed by atoms with van der Waals surface area (Å²) in [5.74, 6) is -0.299. The smallest absolute Gasteiger partial charge is 0.328 e. The second kappa shape index (κ2) is 6.27. The van der Waals surface area contributed by atoms with Crippen molar-refractivity contribution in [1.82, 2.24) is 14.5 Å². The minimum atomic E-state index is -0.546. The number of amides is 1. The van der Waals surface area contributed by atoms with E-state index in [2.05, 4.69) is 17.1 Å². The summed E-state index contributed by atoms with van der Waals surface area (Å²) in [7, 11) is 1.38. The fourth-order valence-corrected chi connectivity index (χ4v) is 4.65. The molecule has 1 aliphatic heterocycles. The molecule has 26 heavy (non-hydrogen) atoms. The molecule has 136 valence electrons. The van der Waals surface area contributed by atoms with Crippen LogP contribution in [-0.2, 0) is 7.05 Å². The lowest BCUT2D eigenvalue weighted by atomic mass is 9.61. The first-order chi connectivity index (χ1) is 12.5. The number of carbonyl (C=O) groups is 1. The van der Waals surface area contributed by atoms with Crippen molar-refractivity contribution < 1.29 is 4.79 Å². The first-order valence-electron chi connectivity index (χ1n) is 9.18. The third-order valence-corrected chi connectivity index (χ3v) is 6.01. The Labute approximate surface area is 151 Å². The second-order valence-corrected chi connectivity index (χ2v) is 7.54. The monoisotopic (exact) mass is 353 g/mol. The van der Waals surface area contributed by atoms with E-state index >= 15 is 0 Å². The number of benzene rings is 1. The predicted octanol–water partition coefficient (Wildman–Crippen LogP) is 2.22. The molecule has 2 aliphatic rings. The molecule has 2 heterocycles. The molecule has 1 amide bonds. The summed E-state index contributed by atoms with van der Waals surface area (Å²) >= 11 is 0.